The van der Waals surface area contributed by atoms with E-state index in [2.05, 4.69) is 41.7 Å². The second kappa shape index (κ2) is 5.83. The largest absolute Gasteiger partial charge is 0.353 e. The molecule has 0 atom stereocenters. The van der Waals surface area contributed by atoms with E-state index in [1.54, 1.807) is 6.21 Å². The Morgan fingerprint density at radius 2 is 1.82 bits per heavy atom. The smallest absolute Gasteiger partial charge is 0.212 e. The van der Waals surface area contributed by atoms with Gasteiger partial charge in [0.25, 0.3) is 0 Å². The molecule has 2 aliphatic rings. The summed E-state index contributed by atoms with van der Waals surface area (Å²) < 4.78 is 0. The van der Waals surface area contributed by atoms with Crippen molar-refractivity contribution in [3.63, 3.8) is 0 Å². The van der Waals surface area contributed by atoms with Gasteiger partial charge < -0.3 is 10.6 Å². The quantitative estimate of drug-likeness (QED) is 0.352. The topological polar surface area (TPSA) is 97.6 Å². The number of nitrogens with zero attached hydrogens (tertiary/aromatic N) is 4. The Balaban J connectivity index is 1.73. The molecule has 2 rings (SSSR count). The second-order valence-electron chi connectivity index (χ2n) is 3.55. The lowest BCUT2D eigenvalue weighted by atomic mass is 10.5. The monoisotopic (exact) mass is 236 g/mol. The van der Waals surface area contributed by atoms with Crippen molar-refractivity contribution >= 4 is 23.8 Å². The Bertz CT molecular complexity index is 380. The fraction of sp³-hybridized carbons (Fsp3) is 0.556. The van der Waals surface area contributed by atoms with Gasteiger partial charge in [-0.25, -0.2) is 20.8 Å². The van der Waals surface area contributed by atoms with E-state index in [0.29, 0.717) is 11.9 Å². The summed E-state index contributed by atoms with van der Waals surface area (Å²) in [6.07, 6.45) is 1.62. The number of hydrazone groups is 2. The van der Waals surface area contributed by atoms with E-state index in [9.17, 15) is 0 Å². The van der Waals surface area contributed by atoms with Gasteiger partial charge in [0.15, 0.2) is 0 Å². The fourth-order valence-corrected chi connectivity index (χ4v) is 1.30. The third kappa shape index (κ3) is 3.74. The average molecular weight is 236 g/mol. The molecule has 0 saturated carbocycles. The van der Waals surface area contributed by atoms with Crippen LogP contribution in [0.1, 0.15) is 6.92 Å². The summed E-state index contributed by atoms with van der Waals surface area (Å²) in [6.45, 7) is 5.14. The molecule has 0 unspecified atom stereocenters. The Kier molecular flexibility index (Phi) is 3.90. The summed E-state index contributed by atoms with van der Waals surface area (Å²) in [7, 11) is 0. The second-order valence-corrected chi connectivity index (χ2v) is 3.55. The number of rotatable bonds is 3. The van der Waals surface area contributed by atoms with Crippen LogP contribution in [0.2, 0.25) is 0 Å². The summed E-state index contributed by atoms with van der Waals surface area (Å²) in [5.41, 5.74) is 6.36. The molecule has 0 spiro atoms. The molecule has 92 valence electrons. The minimum Gasteiger partial charge on any atom is -0.353 e. The summed E-state index contributed by atoms with van der Waals surface area (Å²) in [6, 6.07) is 0. The molecular weight excluding hydrogens is 220 g/mol. The first kappa shape index (κ1) is 11.4. The van der Waals surface area contributed by atoms with Crippen LogP contribution in [0, 0.1) is 0 Å². The molecule has 0 aromatic heterocycles. The van der Waals surface area contributed by atoms with E-state index >= 15 is 0 Å². The molecule has 4 N–H and O–H groups in total. The summed E-state index contributed by atoms with van der Waals surface area (Å²) in [5.74, 6) is 1.40. The zero-order chi connectivity index (χ0) is 11.9. The molecule has 8 heteroatoms. The maximum absolute atomic E-state index is 4.15. The van der Waals surface area contributed by atoms with Crippen LogP contribution in [0.5, 0.6) is 0 Å². The molecule has 17 heavy (non-hydrogen) atoms. The Morgan fingerprint density at radius 3 is 2.41 bits per heavy atom. The lowest BCUT2D eigenvalue weighted by Gasteiger charge is -2.01. The van der Waals surface area contributed by atoms with E-state index in [1.807, 2.05) is 6.92 Å². The van der Waals surface area contributed by atoms with Crippen LogP contribution in [0.3, 0.4) is 0 Å². The van der Waals surface area contributed by atoms with Crippen LogP contribution in [-0.2, 0) is 0 Å². The molecule has 2 heterocycles. The summed E-state index contributed by atoms with van der Waals surface area (Å²) in [4.78, 5) is 8.29. The van der Waals surface area contributed by atoms with Gasteiger partial charge >= 0.3 is 0 Å². The van der Waals surface area contributed by atoms with Crippen molar-refractivity contribution in [3.8, 4) is 0 Å². The highest BCUT2D eigenvalue weighted by Gasteiger charge is 2.02. The van der Waals surface area contributed by atoms with Crippen LogP contribution in [0.25, 0.3) is 0 Å². The van der Waals surface area contributed by atoms with E-state index < -0.39 is 0 Å². The molecule has 0 aromatic rings. The Labute approximate surface area is 99.4 Å². The van der Waals surface area contributed by atoms with Crippen molar-refractivity contribution in [2.24, 2.45) is 20.2 Å². The molecular formula is C9H16N8. The predicted molar refractivity (Wildman–Crippen MR) is 68.5 cm³/mol. The summed E-state index contributed by atoms with van der Waals surface area (Å²) >= 11 is 0. The normalized spacial score (nSPS) is 19.7. The molecule has 0 saturated heterocycles. The van der Waals surface area contributed by atoms with Gasteiger partial charge in [0.2, 0.25) is 11.9 Å². The Morgan fingerprint density at radius 1 is 1.18 bits per heavy atom. The standard InChI is InChI=1S/C9H16N8/c1-7(15-17-9-12-4-5-13-9)6-14-16-8-10-2-3-11-8/h6H,2-5H2,1H3,(H2,10,11,16)(H2,12,13,17)/b14-6+,15-7-. The zero-order valence-electron chi connectivity index (χ0n) is 9.69. The van der Waals surface area contributed by atoms with Crippen LogP contribution < -0.4 is 21.5 Å². The number of hydrogen-bond acceptors (Lipinski definition) is 8. The minimum absolute atomic E-state index is 0.698. The molecule has 0 amide bonds. The zero-order valence-corrected chi connectivity index (χ0v) is 9.69. The van der Waals surface area contributed by atoms with E-state index in [1.165, 1.54) is 0 Å². The van der Waals surface area contributed by atoms with Gasteiger partial charge in [-0.05, 0) is 6.92 Å². The van der Waals surface area contributed by atoms with Gasteiger partial charge in [-0.2, -0.15) is 10.2 Å². The van der Waals surface area contributed by atoms with E-state index in [-0.39, 0.29) is 0 Å². The van der Waals surface area contributed by atoms with Crippen molar-refractivity contribution in [3.05, 3.63) is 0 Å². The van der Waals surface area contributed by atoms with E-state index in [0.717, 1.165) is 31.9 Å². The number of guanidine groups is 2. The number of aliphatic imine (C=N–C) groups is 2. The third-order valence-electron chi connectivity index (χ3n) is 2.11. The third-order valence-corrected chi connectivity index (χ3v) is 2.11. The maximum Gasteiger partial charge on any atom is 0.212 e. The van der Waals surface area contributed by atoms with Crippen molar-refractivity contribution in [1.29, 1.82) is 0 Å². The van der Waals surface area contributed by atoms with Crippen LogP contribution in [0.15, 0.2) is 20.2 Å². The van der Waals surface area contributed by atoms with Crippen LogP contribution >= 0.6 is 0 Å². The van der Waals surface area contributed by atoms with Gasteiger partial charge in [-0.15, -0.1) is 0 Å². The molecule has 0 aliphatic carbocycles. The first-order valence-electron chi connectivity index (χ1n) is 5.50. The molecule has 0 fully saturated rings. The van der Waals surface area contributed by atoms with Crippen molar-refractivity contribution in [1.82, 2.24) is 21.5 Å². The number of hydrogen-bond donors (Lipinski definition) is 4. The molecule has 0 aromatic carbocycles. The maximum atomic E-state index is 4.15. The SMILES string of the molecule is CC(/C=N/NC1=NCCN1)=N/NC1=NCCN1. The fourth-order valence-electron chi connectivity index (χ4n) is 1.30. The molecule has 2 aliphatic heterocycles. The van der Waals surface area contributed by atoms with E-state index in [4.69, 9.17) is 0 Å². The lowest BCUT2D eigenvalue weighted by Crippen LogP contribution is -2.31. The first-order chi connectivity index (χ1) is 8.34. The van der Waals surface area contributed by atoms with Crippen LogP contribution in [-0.4, -0.2) is 50.0 Å². The molecule has 0 radical (unpaired) electrons. The Hall–Kier alpha value is -2.12. The highest BCUT2D eigenvalue weighted by atomic mass is 15.4. The first-order valence-corrected chi connectivity index (χ1v) is 5.50. The molecule has 0 bridgehead atoms. The van der Waals surface area contributed by atoms with Crippen molar-refractivity contribution in [2.75, 3.05) is 26.2 Å². The van der Waals surface area contributed by atoms with Gasteiger partial charge in [0, 0.05) is 13.1 Å². The minimum atomic E-state index is 0.698. The average Bonchev–Trinajstić information content (AvgIpc) is 2.99. The van der Waals surface area contributed by atoms with Crippen molar-refractivity contribution in [2.45, 2.75) is 6.92 Å². The highest BCUT2D eigenvalue weighted by Crippen LogP contribution is 1.82. The summed E-state index contributed by atoms with van der Waals surface area (Å²) in [5, 5.41) is 14.2. The number of nitrogens with one attached hydrogen (secondary N) is 4. The van der Waals surface area contributed by atoms with Gasteiger partial charge in [-0.1, -0.05) is 0 Å². The molecule has 8 nitrogen and oxygen atoms in total. The highest BCUT2D eigenvalue weighted by molar-refractivity contribution is 6.29. The van der Waals surface area contributed by atoms with Gasteiger partial charge in [-0.3, -0.25) is 0 Å². The van der Waals surface area contributed by atoms with Crippen LogP contribution in [0.4, 0.5) is 0 Å². The van der Waals surface area contributed by atoms with Crippen molar-refractivity contribution < 1.29 is 0 Å². The van der Waals surface area contributed by atoms with Gasteiger partial charge in [0.05, 0.1) is 25.0 Å². The van der Waals surface area contributed by atoms with Gasteiger partial charge in [0.1, 0.15) is 0 Å². The predicted octanol–water partition coefficient (Wildman–Crippen LogP) is -1.55. The lowest BCUT2D eigenvalue weighted by molar-refractivity contribution is 0.915.